The Balaban J connectivity index is 2.29. The Morgan fingerprint density at radius 1 is 1.07 bits per heavy atom. The SMILES string of the molecule is O=C1c2ccccc2C(=O)N1CCC[O-]. The second kappa shape index (κ2) is 3.82. The van der Waals surface area contributed by atoms with Gasteiger partial charge in [-0.1, -0.05) is 18.6 Å². The van der Waals surface area contributed by atoms with Crippen molar-refractivity contribution in [3.05, 3.63) is 35.4 Å². The normalized spacial score (nSPS) is 14.6. The van der Waals surface area contributed by atoms with Crippen LogP contribution in [0.25, 0.3) is 0 Å². The topological polar surface area (TPSA) is 60.4 Å². The van der Waals surface area contributed by atoms with Crippen molar-refractivity contribution in [2.45, 2.75) is 6.42 Å². The second-order valence-corrected chi connectivity index (χ2v) is 3.37. The van der Waals surface area contributed by atoms with Gasteiger partial charge < -0.3 is 5.11 Å². The van der Waals surface area contributed by atoms with E-state index in [1.54, 1.807) is 24.3 Å². The molecule has 78 valence electrons. The standard InChI is InChI=1S/C11H10NO3/c13-7-3-6-12-10(14)8-4-1-2-5-9(8)11(12)15/h1-2,4-5H,3,6-7H2/q-1. The van der Waals surface area contributed by atoms with E-state index in [1.165, 1.54) is 0 Å². The van der Waals surface area contributed by atoms with Crippen LogP contribution in [0.2, 0.25) is 0 Å². The zero-order valence-corrected chi connectivity index (χ0v) is 8.10. The lowest BCUT2D eigenvalue weighted by Gasteiger charge is -2.14. The Hall–Kier alpha value is -1.68. The number of nitrogens with zero attached hydrogens (tertiary/aromatic N) is 1. The van der Waals surface area contributed by atoms with Crippen molar-refractivity contribution in [1.82, 2.24) is 4.90 Å². The fraction of sp³-hybridized carbons (Fsp3) is 0.273. The van der Waals surface area contributed by atoms with Crippen LogP contribution in [-0.2, 0) is 0 Å². The zero-order valence-electron chi connectivity index (χ0n) is 8.10. The summed E-state index contributed by atoms with van der Waals surface area (Å²) in [7, 11) is 0. The number of imide groups is 1. The average molecular weight is 204 g/mol. The van der Waals surface area contributed by atoms with Crippen LogP contribution in [0.4, 0.5) is 0 Å². The summed E-state index contributed by atoms with van der Waals surface area (Å²) in [4.78, 5) is 24.6. The molecule has 2 amide bonds. The van der Waals surface area contributed by atoms with Gasteiger partial charge in [0.2, 0.25) is 0 Å². The number of carbonyl (C=O) groups is 2. The molecule has 0 unspecified atom stereocenters. The van der Waals surface area contributed by atoms with Crippen LogP contribution in [0, 0.1) is 0 Å². The molecular weight excluding hydrogens is 194 g/mol. The van der Waals surface area contributed by atoms with Crippen LogP contribution in [0.3, 0.4) is 0 Å². The summed E-state index contributed by atoms with van der Waals surface area (Å²) >= 11 is 0. The summed E-state index contributed by atoms with van der Waals surface area (Å²) in [6, 6.07) is 6.71. The molecule has 0 radical (unpaired) electrons. The first kappa shape index (κ1) is 9.86. The van der Waals surface area contributed by atoms with Crippen LogP contribution in [0.15, 0.2) is 24.3 Å². The van der Waals surface area contributed by atoms with Crippen LogP contribution < -0.4 is 5.11 Å². The molecule has 2 rings (SSSR count). The number of fused-ring (bicyclic) bond motifs is 1. The maximum atomic E-state index is 11.7. The van der Waals surface area contributed by atoms with Crippen molar-refractivity contribution in [3.63, 3.8) is 0 Å². The van der Waals surface area contributed by atoms with Gasteiger partial charge in [-0.3, -0.25) is 14.5 Å². The number of amides is 2. The van der Waals surface area contributed by atoms with E-state index in [1.807, 2.05) is 0 Å². The molecule has 4 heteroatoms. The smallest absolute Gasteiger partial charge is 0.261 e. The zero-order chi connectivity index (χ0) is 10.8. The highest BCUT2D eigenvalue weighted by Crippen LogP contribution is 2.22. The quantitative estimate of drug-likeness (QED) is 0.653. The first-order chi connectivity index (χ1) is 7.25. The van der Waals surface area contributed by atoms with Crippen molar-refractivity contribution < 1.29 is 14.7 Å². The highest BCUT2D eigenvalue weighted by atomic mass is 16.3. The van der Waals surface area contributed by atoms with Gasteiger partial charge in [-0.05, 0) is 12.1 Å². The van der Waals surface area contributed by atoms with Gasteiger partial charge in [-0.15, -0.1) is 6.61 Å². The minimum absolute atomic E-state index is 0.218. The lowest BCUT2D eigenvalue weighted by atomic mass is 10.1. The fourth-order valence-electron chi connectivity index (χ4n) is 1.66. The minimum Gasteiger partial charge on any atom is -0.854 e. The molecule has 0 spiro atoms. The third kappa shape index (κ3) is 1.53. The molecule has 0 saturated carbocycles. The van der Waals surface area contributed by atoms with E-state index in [2.05, 4.69) is 0 Å². The Kier molecular flexibility index (Phi) is 2.51. The minimum atomic E-state index is -0.288. The van der Waals surface area contributed by atoms with Crippen LogP contribution in [0.1, 0.15) is 27.1 Å². The van der Waals surface area contributed by atoms with E-state index >= 15 is 0 Å². The molecule has 1 heterocycles. The molecule has 0 saturated heterocycles. The third-order valence-corrected chi connectivity index (χ3v) is 2.40. The van der Waals surface area contributed by atoms with Crippen molar-refractivity contribution in [1.29, 1.82) is 0 Å². The van der Waals surface area contributed by atoms with Gasteiger partial charge in [0.1, 0.15) is 0 Å². The van der Waals surface area contributed by atoms with E-state index in [9.17, 15) is 14.7 Å². The molecule has 0 N–H and O–H groups in total. The summed E-state index contributed by atoms with van der Waals surface area (Å²) in [5, 5.41) is 10.3. The number of rotatable bonds is 3. The maximum Gasteiger partial charge on any atom is 0.261 e. The predicted octanol–water partition coefficient (Wildman–Crippen LogP) is 0.0330. The molecular formula is C11H10NO3-. The van der Waals surface area contributed by atoms with Crippen LogP contribution in [0.5, 0.6) is 0 Å². The van der Waals surface area contributed by atoms with Gasteiger partial charge in [0.05, 0.1) is 11.1 Å². The molecule has 1 aromatic rings. The first-order valence-electron chi connectivity index (χ1n) is 4.79. The summed E-state index contributed by atoms with van der Waals surface area (Å²) in [6.45, 7) is -0.0523. The Bertz CT molecular complexity index is 379. The Morgan fingerprint density at radius 3 is 2.07 bits per heavy atom. The lowest BCUT2D eigenvalue weighted by molar-refractivity contribution is -0.368. The average Bonchev–Trinajstić information content (AvgIpc) is 2.51. The fourth-order valence-corrected chi connectivity index (χ4v) is 1.66. The molecule has 15 heavy (non-hydrogen) atoms. The van der Waals surface area contributed by atoms with Crippen molar-refractivity contribution in [2.75, 3.05) is 13.2 Å². The lowest BCUT2D eigenvalue weighted by Crippen LogP contribution is -2.32. The second-order valence-electron chi connectivity index (χ2n) is 3.37. The molecule has 0 fully saturated rings. The largest absolute Gasteiger partial charge is 0.854 e. The van der Waals surface area contributed by atoms with Gasteiger partial charge in [0, 0.05) is 6.54 Å². The van der Waals surface area contributed by atoms with E-state index in [0.717, 1.165) is 4.90 Å². The molecule has 1 aliphatic heterocycles. The monoisotopic (exact) mass is 204 g/mol. The third-order valence-electron chi connectivity index (χ3n) is 2.40. The van der Waals surface area contributed by atoms with Gasteiger partial charge >= 0.3 is 0 Å². The van der Waals surface area contributed by atoms with Crippen LogP contribution in [-0.4, -0.2) is 29.9 Å². The van der Waals surface area contributed by atoms with E-state index in [4.69, 9.17) is 0 Å². The summed E-state index contributed by atoms with van der Waals surface area (Å²) < 4.78 is 0. The molecule has 1 aliphatic rings. The van der Waals surface area contributed by atoms with Gasteiger partial charge in [-0.2, -0.15) is 0 Å². The van der Waals surface area contributed by atoms with Gasteiger partial charge in [-0.25, -0.2) is 0 Å². The van der Waals surface area contributed by atoms with Gasteiger partial charge in [0.25, 0.3) is 11.8 Å². The van der Waals surface area contributed by atoms with E-state index in [0.29, 0.717) is 17.5 Å². The number of hydrogen-bond acceptors (Lipinski definition) is 3. The molecule has 0 aromatic heterocycles. The van der Waals surface area contributed by atoms with Crippen molar-refractivity contribution >= 4 is 11.8 Å². The molecule has 0 bridgehead atoms. The molecule has 0 aliphatic carbocycles. The van der Waals surface area contributed by atoms with E-state index in [-0.39, 0.29) is 25.0 Å². The number of hydrogen-bond donors (Lipinski definition) is 0. The van der Waals surface area contributed by atoms with Crippen molar-refractivity contribution in [3.8, 4) is 0 Å². The number of benzene rings is 1. The highest BCUT2D eigenvalue weighted by Gasteiger charge is 2.34. The van der Waals surface area contributed by atoms with Crippen LogP contribution >= 0.6 is 0 Å². The Labute approximate surface area is 87.1 Å². The molecule has 0 atom stereocenters. The van der Waals surface area contributed by atoms with Gasteiger partial charge in [0.15, 0.2) is 0 Å². The van der Waals surface area contributed by atoms with E-state index < -0.39 is 0 Å². The summed E-state index contributed by atoms with van der Waals surface area (Å²) in [6.07, 6.45) is 0.311. The first-order valence-corrected chi connectivity index (χ1v) is 4.79. The maximum absolute atomic E-state index is 11.7. The predicted molar refractivity (Wildman–Crippen MR) is 51.3 cm³/mol. The summed E-state index contributed by atoms with van der Waals surface area (Å²) in [5.74, 6) is -0.576. The van der Waals surface area contributed by atoms with Crippen molar-refractivity contribution in [2.24, 2.45) is 0 Å². The Morgan fingerprint density at radius 2 is 1.60 bits per heavy atom. The number of carbonyl (C=O) groups excluding carboxylic acids is 2. The molecule has 1 aromatic carbocycles. The highest BCUT2D eigenvalue weighted by molar-refractivity contribution is 6.21. The summed E-state index contributed by atoms with van der Waals surface area (Å²) in [5.41, 5.74) is 0.877. The molecule has 4 nitrogen and oxygen atoms in total.